The van der Waals surface area contributed by atoms with Crippen molar-refractivity contribution in [2.45, 2.75) is 0 Å². The molecule has 4 aromatic carbocycles. The number of rotatable bonds is 1. The Morgan fingerprint density at radius 3 is 1.23 bits per heavy atom. The Balaban J connectivity index is 2.32. The molecule has 0 saturated carbocycles. The van der Waals surface area contributed by atoms with Crippen LogP contribution in [0.1, 0.15) is 0 Å². The minimum atomic E-state index is 1.18. The number of halogens is 1. The van der Waals surface area contributed by atoms with Crippen molar-refractivity contribution in [2.75, 3.05) is 0 Å². The fourth-order valence-electron chi connectivity index (χ4n) is 4.22. The average Bonchev–Trinajstić information content (AvgIpc) is 2.67. The zero-order valence-electron chi connectivity index (χ0n) is 16.0. The Labute approximate surface area is 167 Å². The Morgan fingerprint density at radius 2 is 0.808 bits per heavy atom. The van der Waals surface area contributed by atoms with Gasteiger partial charge >= 0.3 is 0 Å². The first-order valence-corrected chi connectivity index (χ1v) is 9.89. The van der Waals surface area contributed by atoms with E-state index in [1.807, 2.05) is 0 Å². The van der Waals surface area contributed by atoms with E-state index >= 15 is 0 Å². The standard InChI is InChI=1S/C20H18B5Br/c21-15-14(16(22)18(24)19(25)17(15)23)13-9-5-1-3-7-11(9)20(26)12-8-4-2-6-10(12)13/h1-8H,21-25H2. The van der Waals surface area contributed by atoms with Gasteiger partial charge in [0, 0.05) is 4.47 Å². The highest BCUT2D eigenvalue weighted by Crippen LogP contribution is 2.40. The average molecular weight is 392 g/mol. The Kier molecular flexibility index (Phi) is 4.35. The van der Waals surface area contributed by atoms with E-state index in [2.05, 4.69) is 104 Å². The summed E-state index contributed by atoms with van der Waals surface area (Å²) in [7, 11) is 11.3. The van der Waals surface area contributed by atoms with Crippen LogP contribution in [0.15, 0.2) is 53.0 Å². The van der Waals surface area contributed by atoms with Crippen molar-refractivity contribution in [3.05, 3.63) is 53.0 Å². The quantitative estimate of drug-likeness (QED) is 0.253. The molecule has 0 bridgehead atoms. The first kappa shape index (κ1) is 17.6. The van der Waals surface area contributed by atoms with Gasteiger partial charge in [-0.15, -0.1) is 16.4 Å². The van der Waals surface area contributed by atoms with Crippen LogP contribution < -0.4 is 27.3 Å². The number of fused-ring (bicyclic) bond motifs is 2. The van der Waals surface area contributed by atoms with Crippen molar-refractivity contribution in [3.8, 4) is 11.1 Å². The molecule has 0 aliphatic heterocycles. The third kappa shape index (κ3) is 2.42. The monoisotopic (exact) mass is 392 g/mol. The third-order valence-corrected chi connectivity index (χ3v) is 6.97. The second-order valence-corrected chi connectivity index (χ2v) is 8.07. The molecule has 120 valence electrons. The van der Waals surface area contributed by atoms with Crippen LogP contribution in [0.5, 0.6) is 0 Å². The fourth-order valence-corrected chi connectivity index (χ4v) is 4.91. The molecule has 0 N–H and O–H groups in total. The summed E-state index contributed by atoms with van der Waals surface area (Å²) in [5.41, 5.74) is 9.75. The zero-order chi connectivity index (χ0) is 18.6. The van der Waals surface area contributed by atoms with E-state index in [0.717, 1.165) is 0 Å². The molecule has 0 aliphatic carbocycles. The van der Waals surface area contributed by atoms with Crippen LogP contribution in [0.3, 0.4) is 0 Å². The van der Waals surface area contributed by atoms with Gasteiger partial charge in [-0.2, -0.15) is 0 Å². The van der Waals surface area contributed by atoms with Crippen molar-refractivity contribution in [1.82, 2.24) is 0 Å². The smallest absolute Gasteiger partial charge is 0.102 e. The molecule has 0 unspecified atom stereocenters. The number of hydrogen-bond acceptors (Lipinski definition) is 0. The molecule has 0 fully saturated rings. The van der Waals surface area contributed by atoms with Gasteiger partial charge in [0.2, 0.25) is 0 Å². The predicted octanol–water partition coefficient (Wildman–Crippen LogP) is -2.29. The SMILES string of the molecule is Bc1c(B)c(B)c(-c2c3ccccc3c(Br)c3ccccc23)c(B)c1B. The highest BCUT2D eigenvalue weighted by atomic mass is 79.9. The van der Waals surface area contributed by atoms with Crippen molar-refractivity contribution >= 4 is 104 Å². The van der Waals surface area contributed by atoms with Gasteiger partial charge in [-0.05, 0) is 48.6 Å². The maximum Gasteiger partial charge on any atom is 0.139 e. The summed E-state index contributed by atoms with van der Waals surface area (Å²) in [6, 6.07) is 17.5. The molecule has 6 heteroatoms. The van der Waals surface area contributed by atoms with Crippen LogP contribution in [0.25, 0.3) is 32.7 Å². The van der Waals surface area contributed by atoms with Gasteiger partial charge in [0.1, 0.15) is 39.2 Å². The first-order chi connectivity index (χ1) is 12.4. The highest BCUT2D eigenvalue weighted by molar-refractivity contribution is 9.10. The van der Waals surface area contributed by atoms with E-state index in [1.165, 1.54) is 64.5 Å². The summed E-state index contributed by atoms with van der Waals surface area (Å²) < 4.78 is 1.18. The summed E-state index contributed by atoms with van der Waals surface area (Å²) >= 11 is 3.87. The van der Waals surface area contributed by atoms with E-state index < -0.39 is 0 Å². The summed E-state index contributed by atoms with van der Waals surface area (Å²) in [6.07, 6.45) is 0. The van der Waals surface area contributed by atoms with Gasteiger partial charge in [-0.25, -0.2) is 0 Å². The summed E-state index contributed by atoms with van der Waals surface area (Å²) in [6.45, 7) is 0. The van der Waals surface area contributed by atoms with E-state index in [1.54, 1.807) is 0 Å². The van der Waals surface area contributed by atoms with E-state index in [9.17, 15) is 0 Å². The molecule has 4 aromatic rings. The molecule has 0 aromatic heterocycles. The summed E-state index contributed by atoms with van der Waals surface area (Å²) in [4.78, 5) is 0. The lowest BCUT2D eigenvalue weighted by atomic mass is 9.59. The van der Waals surface area contributed by atoms with Crippen LogP contribution in [0.4, 0.5) is 0 Å². The molecule has 26 heavy (non-hydrogen) atoms. The minimum absolute atomic E-state index is 1.18. The van der Waals surface area contributed by atoms with Crippen LogP contribution in [0.2, 0.25) is 0 Å². The van der Waals surface area contributed by atoms with E-state index in [0.29, 0.717) is 0 Å². The lowest BCUT2D eigenvalue weighted by Gasteiger charge is -2.23. The zero-order valence-corrected chi connectivity index (χ0v) is 17.6. The maximum absolute atomic E-state index is 3.87. The van der Waals surface area contributed by atoms with Gasteiger partial charge in [0.15, 0.2) is 0 Å². The van der Waals surface area contributed by atoms with Crippen molar-refractivity contribution in [2.24, 2.45) is 0 Å². The number of benzene rings is 4. The lowest BCUT2D eigenvalue weighted by molar-refractivity contribution is 1.73. The van der Waals surface area contributed by atoms with Gasteiger partial charge in [0.25, 0.3) is 0 Å². The molecule has 0 spiro atoms. The van der Waals surface area contributed by atoms with E-state index in [4.69, 9.17) is 0 Å². The molecule has 0 nitrogen and oxygen atoms in total. The van der Waals surface area contributed by atoms with Crippen molar-refractivity contribution in [3.63, 3.8) is 0 Å². The molecule has 0 radical (unpaired) electrons. The Morgan fingerprint density at radius 1 is 0.462 bits per heavy atom. The molecule has 0 heterocycles. The van der Waals surface area contributed by atoms with Gasteiger partial charge < -0.3 is 0 Å². The maximum atomic E-state index is 3.87. The van der Waals surface area contributed by atoms with Crippen LogP contribution in [-0.2, 0) is 0 Å². The minimum Gasteiger partial charge on any atom is -0.102 e. The fraction of sp³-hybridized carbons (Fsp3) is 0. The van der Waals surface area contributed by atoms with Crippen LogP contribution >= 0.6 is 15.9 Å². The van der Waals surface area contributed by atoms with Crippen LogP contribution in [-0.4, -0.2) is 39.2 Å². The molecule has 0 atom stereocenters. The molecule has 0 aliphatic rings. The summed E-state index contributed by atoms with van der Waals surface area (Å²) in [5, 5.41) is 5.17. The van der Waals surface area contributed by atoms with Gasteiger partial charge in [0.05, 0.1) is 0 Å². The van der Waals surface area contributed by atoms with Crippen molar-refractivity contribution in [1.29, 1.82) is 0 Å². The normalized spacial score (nSPS) is 11.3. The lowest BCUT2D eigenvalue weighted by Crippen LogP contribution is -2.55. The Bertz CT molecular complexity index is 1110. The largest absolute Gasteiger partial charge is 0.139 e. The molecular weight excluding hydrogens is 374 g/mol. The molecule has 0 amide bonds. The van der Waals surface area contributed by atoms with E-state index in [-0.39, 0.29) is 0 Å². The number of hydrogen-bond donors (Lipinski definition) is 0. The second kappa shape index (κ2) is 6.42. The van der Waals surface area contributed by atoms with Gasteiger partial charge in [-0.3, -0.25) is 0 Å². The topological polar surface area (TPSA) is 0 Å². The first-order valence-electron chi connectivity index (χ1n) is 9.09. The molecule has 0 saturated heterocycles. The van der Waals surface area contributed by atoms with Gasteiger partial charge in [-0.1, -0.05) is 59.5 Å². The summed E-state index contributed by atoms with van der Waals surface area (Å²) in [5.74, 6) is 0. The second-order valence-electron chi connectivity index (χ2n) is 7.28. The van der Waals surface area contributed by atoms with Crippen molar-refractivity contribution < 1.29 is 0 Å². The third-order valence-electron chi connectivity index (χ3n) is 6.12. The predicted molar refractivity (Wildman–Crippen MR) is 135 cm³/mol. The Hall–Kier alpha value is -1.80. The molecule has 4 rings (SSSR count). The highest BCUT2D eigenvalue weighted by Gasteiger charge is 2.19. The van der Waals surface area contributed by atoms with Crippen LogP contribution in [0, 0.1) is 0 Å². The molecular formula is C20H18B5Br.